The van der Waals surface area contributed by atoms with Crippen molar-refractivity contribution in [1.82, 2.24) is 4.98 Å². The first-order chi connectivity index (χ1) is 24.0. The molecule has 260 valence electrons. The van der Waals surface area contributed by atoms with Crippen LogP contribution in [-0.4, -0.2) is 32.8 Å². The van der Waals surface area contributed by atoms with E-state index >= 15 is 0 Å². The van der Waals surface area contributed by atoms with E-state index in [4.69, 9.17) is 14.9 Å². The van der Waals surface area contributed by atoms with Gasteiger partial charge in [-0.3, -0.25) is 4.79 Å². The number of hydrogen-bond donors (Lipinski definition) is 2. The number of para-hydroxylation sites is 4. The quantitative estimate of drug-likeness (QED) is 0.117. The van der Waals surface area contributed by atoms with Gasteiger partial charge in [0.05, 0.1) is 38.4 Å². The monoisotopic (exact) mass is 722 g/mol. The average molecular weight is 723 g/mol. The maximum Gasteiger partial charge on any atom is 0.234 e. The molecule has 5 rings (SSSR count). The summed E-state index contributed by atoms with van der Waals surface area (Å²) >= 11 is 0. The molecule has 0 saturated carbocycles. The van der Waals surface area contributed by atoms with Gasteiger partial charge in [-0.25, -0.2) is 21.8 Å². The third kappa shape index (κ3) is 8.78. The number of carbonyl (C=O) groups is 1. The lowest BCUT2D eigenvalue weighted by Crippen LogP contribution is -2.34. The molecule has 1 aromatic heterocycles. The lowest BCUT2D eigenvalue weighted by molar-refractivity contribution is -0.120. The Morgan fingerprint density at radius 3 is 1.75 bits per heavy atom. The zero-order valence-electron chi connectivity index (χ0n) is 28.1. The third-order valence-corrected chi connectivity index (χ3v) is 10.8. The second-order valence-electron chi connectivity index (χ2n) is 12.2. The van der Waals surface area contributed by atoms with Crippen molar-refractivity contribution in [3.8, 4) is 17.9 Å². The predicted octanol–water partition coefficient (Wildman–Crippen LogP) is 7.08. The molecule has 51 heavy (non-hydrogen) atoms. The lowest BCUT2D eigenvalue weighted by Gasteiger charge is -2.24. The van der Waals surface area contributed by atoms with Crippen molar-refractivity contribution in [2.24, 2.45) is 0 Å². The molecule has 0 atom stereocenters. The topological polar surface area (TPSA) is 191 Å². The summed E-state index contributed by atoms with van der Waals surface area (Å²) in [5.74, 6) is 0.176. The summed E-state index contributed by atoms with van der Waals surface area (Å²) in [6, 6.07) is 29.7. The number of allylic oxidation sites excluding steroid dienone is 2. The molecule has 0 bridgehead atoms. The second kappa shape index (κ2) is 15.3. The van der Waals surface area contributed by atoms with Gasteiger partial charge in [-0.2, -0.15) is 10.5 Å². The van der Waals surface area contributed by atoms with Gasteiger partial charge < -0.3 is 14.8 Å². The number of nitrogens with one attached hydrogen (secondary N) is 1. The summed E-state index contributed by atoms with van der Waals surface area (Å²) in [7, 11) is -7.31. The molecule has 0 fully saturated rings. The third-order valence-electron chi connectivity index (χ3n) is 8.00. The molecule has 0 spiro atoms. The van der Waals surface area contributed by atoms with Crippen molar-refractivity contribution in [2.45, 2.75) is 48.3 Å². The van der Waals surface area contributed by atoms with E-state index in [1.54, 1.807) is 68.5 Å². The predicted molar refractivity (Wildman–Crippen MR) is 193 cm³/mol. The number of nitrogens with zero attached hydrogens (tertiary/aromatic N) is 3. The molecule has 0 aliphatic carbocycles. The van der Waals surface area contributed by atoms with Crippen molar-refractivity contribution in [3.05, 3.63) is 137 Å². The molecule has 0 unspecified atom stereocenters. The maximum absolute atomic E-state index is 12.6. The molecule has 0 aliphatic heterocycles. The van der Waals surface area contributed by atoms with Gasteiger partial charge >= 0.3 is 0 Å². The average Bonchev–Trinajstić information content (AvgIpc) is 3.57. The molecule has 0 aliphatic rings. The Labute approximate surface area is 296 Å². The Morgan fingerprint density at radius 1 is 0.745 bits per heavy atom. The molecule has 5 aromatic rings. The van der Waals surface area contributed by atoms with Crippen LogP contribution in [0.3, 0.4) is 0 Å². The summed E-state index contributed by atoms with van der Waals surface area (Å²) < 4.78 is 54.0. The Bertz CT molecular complexity index is 2380. The van der Waals surface area contributed by atoms with Crippen LogP contribution in [0.1, 0.15) is 44.7 Å². The number of fused-ring (bicyclic) bond motifs is 1. The first-order valence-electron chi connectivity index (χ1n) is 15.3. The minimum atomic E-state index is -3.70. The fraction of sp³-hybridized carbons (Fsp3) is 0.158. The fourth-order valence-corrected chi connectivity index (χ4v) is 6.60. The van der Waals surface area contributed by atoms with Crippen molar-refractivity contribution in [1.29, 1.82) is 10.5 Å². The van der Waals surface area contributed by atoms with Crippen LogP contribution in [0.15, 0.2) is 134 Å². The van der Waals surface area contributed by atoms with E-state index in [1.807, 2.05) is 38.1 Å². The van der Waals surface area contributed by atoms with Crippen molar-refractivity contribution < 1.29 is 31.2 Å². The van der Waals surface area contributed by atoms with Gasteiger partial charge in [-0.15, -0.1) is 0 Å². The summed E-state index contributed by atoms with van der Waals surface area (Å²) in [5.41, 5.74) is 1.79. The SMILES string of the molecule is CC(C)(C(=O)Nc1ccccc1O)c1ccc(S(=O)(=O)/C=C/C#N)cc1.CC(C)(c1ccc(S(=O)(=O)/C=C/C#N)cc1)c1nc2ccccc2o1. The molecule has 1 heterocycles. The van der Waals surface area contributed by atoms with Crippen molar-refractivity contribution in [2.75, 3.05) is 5.32 Å². The van der Waals surface area contributed by atoms with Crippen molar-refractivity contribution in [3.63, 3.8) is 0 Å². The van der Waals surface area contributed by atoms with Gasteiger partial charge in [0.25, 0.3) is 0 Å². The van der Waals surface area contributed by atoms with Gasteiger partial charge in [0.2, 0.25) is 31.5 Å². The van der Waals surface area contributed by atoms with Gasteiger partial charge in [0.1, 0.15) is 11.3 Å². The Kier molecular flexibility index (Phi) is 11.3. The first kappa shape index (κ1) is 37.8. The second-order valence-corrected chi connectivity index (χ2v) is 15.9. The Balaban J connectivity index is 0.000000229. The van der Waals surface area contributed by atoms with Gasteiger partial charge in [0, 0.05) is 23.0 Å². The number of sulfone groups is 2. The molecule has 13 heteroatoms. The smallest absolute Gasteiger partial charge is 0.234 e. The molecular formula is C38H34N4O7S2. The van der Waals surface area contributed by atoms with Crippen LogP contribution >= 0.6 is 0 Å². The minimum absolute atomic E-state index is 0.0321. The van der Waals surface area contributed by atoms with Crippen LogP contribution in [0.5, 0.6) is 5.75 Å². The van der Waals surface area contributed by atoms with Crippen LogP contribution in [-0.2, 0) is 35.3 Å². The number of anilines is 1. The van der Waals surface area contributed by atoms with Gasteiger partial charge in [0.15, 0.2) is 5.58 Å². The van der Waals surface area contributed by atoms with Crippen LogP contribution in [0, 0.1) is 22.7 Å². The summed E-state index contributed by atoms with van der Waals surface area (Å²) in [6.07, 6.45) is 1.85. The van der Waals surface area contributed by atoms with E-state index in [2.05, 4.69) is 10.3 Å². The molecular weight excluding hydrogens is 689 g/mol. The minimum Gasteiger partial charge on any atom is -0.506 e. The highest BCUT2D eigenvalue weighted by molar-refractivity contribution is 7.94. The van der Waals surface area contributed by atoms with E-state index in [0.717, 1.165) is 34.0 Å². The molecule has 0 radical (unpaired) electrons. The number of phenolic OH excluding ortho intramolecular Hbond substituents is 1. The van der Waals surface area contributed by atoms with Gasteiger partial charge in [-0.05, 0) is 87.4 Å². The fourth-order valence-electron chi connectivity index (χ4n) is 4.77. The number of amides is 1. The molecule has 1 amide bonds. The number of aromatic nitrogens is 1. The van der Waals surface area contributed by atoms with E-state index in [0.29, 0.717) is 22.7 Å². The molecule has 4 aromatic carbocycles. The number of oxazole rings is 1. The van der Waals surface area contributed by atoms with Crippen LogP contribution in [0.2, 0.25) is 0 Å². The molecule has 11 nitrogen and oxygen atoms in total. The number of nitriles is 2. The van der Waals surface area contributed by atoms with Crippen molar-refractivity contribution >= 4 is 42.4 Å². The highest BCUT2D eigenvalue weighted by Gasteiger charge is 2.31. The van der Waals surface area contributed by atoms with Crippen LogP contribution in [0.25, 0.3) is 11.1 Å². The van der Waals surface area contributed by atoms with Crippen LogP contribution < -0.4 is 5.32 Å². The molecule has 2 N–H and O–H groups in total. The number of aromatic hydroxyl groups is 1. The van der Waals surface area contributed by atoms with E-state index in [1.165, 1.54) is 30.3 Å². The number of benzene rings is 4. The normalized spacial score (nSPS) is 12.2. The largest absolute Gasteiger partial charge is 0.506 e. The zero-order valence-corrected chi connectivity index (χ0v) is 29.7. The Hall–Kier alpha value is -6.02. The lowest BCUT2D eigenvalue weighted by atomic mass is 9.83. The number of rotatable bonds is 9. The van der Waals surface area contributed by atoms with Gasteiger partial charge in [-0.1, -0.05) is 48.5 Å². The summed E-state index contributed by atoms with van der Waals surface area (Å²) in [5, 5.41) is 31.1. The highest BCUT2D eigenvalue weighted by atomic mass is 32.2. The molecule has 0 saturated heterocycles. The first-order valence-corrected chi connectivity index (χ1v) is 18.4. The van der Waals surface area contributed by atoms with E-state index < -0.39 is 30.5 Å². The van der Waals surface area contributed by atoms with Crippen LogP contribution in [0.4, 0.5) is 5.69 Å². The van der Waals surface area contributed by atoms with E-state index in [9.17, 15) is 26.7 Å². The summed E-state index contributed by atoms with van der Waals surface area (Å²) in [6.45, 7) is 7.33. The number of carbonyl (C=O) groups excluding carboxylic acids is 1. The summed E-state index contributed by atoms with van der Waals surface area (Å²) in [4.78, 5) is 17.3. The standard InChI is InChI=1S/C19H18N2O4S.C19H16N2O3S/c1-19(2,18(23)21-16-6-3-4-7-17(16)22)14-8-10-15(11-9-14)26(24,25)13-5-12-20;1-19(2,18-21-16-6-3-4-7-17(16)24-18)14-8-10-15(11-9-14)25(22,23)13-5-12-20/h3-11,13,22H,1-2H3,(H,21,23);3-11,13H,1-2H3/b2*13-5+. The maximum atomic E-state index is 12.6. The highest BCUT2D eigenvalue weighted by Crippen LogP contribution is 2.34. The van der Waals surface area contributed by atoms with E-state index in [-0.39, 0.29) is 21.4 Å². The number of hydrogen-bond acceptors (Lipinski definition) is 10. The zero-order chi connectivity index (χ0) is 37.5. The Morgan fingerprint density at radius 2 is 1.24 bits per heavy atom. The number of phenols is 1.